The Bertz CT molecular complexity index is 490. The zero-order chi connectivity index (χ0) is 11.5. The maximum Gasteiger partial charge on any atom is 0.0451 e. The van der Waals surface area contributed by atoms with Crippen molar-refractivity contribution in [1.82, 2.24) is 5.32 Å². The minimum absolute atomic E-state index is 0.803. The fraction of sp³-hybridized carbons (Fsp3) is 0.231. The second-order valence-electron chi connectivity index (χ2n) is 3.75. The van der Waals surface area contributed by atoms with Crippen LogP contribution >= 0.6 is 22.9 Å². The maximum atomic E-state index is 6.13. The second-order valence-corrected chi connectivity index (χ2v) is 5.44. The van der Waals surface area contributed by atoms with E-state index in [1.807, 2.05) is 24.5 Å². The Morgan fingerprint density at radius 3 is 2.69 bits per heavy atom. The molecule has 84 valence electrons. The Balaban J connectivity index is 2.39. The lowest BCUT2D eigenvalue weighted by atomic mass is 10.1. The van der Waals surface area contributed by atoms with Crippen LogP contribution in [0.1, 0.15) is 10.4 Å². The van der Waals surface area contributed by atoms with Crippen molar-refractivity contribution < 1.29 is 0 Å². The lowest BCUT2D eigenvalue weighted by molar-refractivity contribution is 0.818. The molecule has 1 aromatic carbocycles. The fourth-order valence-electron chi connectivity index (χ4n) is 1.64. The Labute approximate surface area is 105 Å². The van der Waals surface area contributed by atoms with Crippen LogP contribution < -0.4 is 5.32 Å². The number of aryl methyl sites for hydroxylation is 1. The van der Waals surface area contributed by atoms with Crippen LogP contribution in [0.5, 0.6) is 0 Å². The number of rotatable bonds is 3. The van der Waals surface area contributed by atoms with E-state index < -0.39 is 0 Å². The van der Waals surface area contributed by atoms with Gasteiger partial charge in [-0.3, -0.25) is 0 Å². The van der Waals surface area contributed by atoms with Crippen LogP contribution in [-0.4, -0.2) is 7.05 Å². The Hall–Kier alpha value is -0.830. The van der Waals surface area contributed by atoms with Crippen LogP contribution in [0.15, 0.2) is 30.3 Å². The molecule has 2 rings (SSSR count). The number of nitrogens with one attached hydrogen (secondary N) is 1. The summed E-state index contributed by atoms with van der Waals surface area (Å²) in [5.74, 6) is 0. The molecule has 0 spiro atoms. The molecule has 0 aliphatic rings. The predicted octanol–water partition coefficient (Wildman–Crippen LogP) is 4.10. The lowest BCUT2D eigenvalue weighted by Gasteiger charge is -2.05. The molecule has 0 saturated heterocycles. The molecule has 0 unspecified atom stereocenters. The van der Waals surface area contributed by atoms with E-state index in [2.05, 4.69) is 36.5 Å². The summed E-state index contributed by atoms with van der Waals surface area (Å²) in [7, 11) is 1.93. The van der Waals surface area contributed by atoms with E-state index in [1.54, 1.807) is 0 Å². The number of hydrogen-bond donors (Lipinski definition) is 1. The van der Waals surface area contributed by atoms with Crippen LogP contribution in [0.4, 0.5) is 0 Å². The Kier molecular flexibility index (Phi) is 3.64. The molecule has 2 aromatic rings. The average Bonchev–Trinajstić information content (AvgIpc) is 2.69. The SMILES string of the molecule is CNCc1cc(-c2ccc(C)s2)ccc1Cl. The summed E-state index contributed by atoms with van der Waals surface area (Å²) in [6.07, 6.45) is 0. The summed E-state index contributed by atoms with van der Waals surface area (Å²) in [4.78, 5) is 2.63. The highest BCUT2D eigenvalue weighted by atomic mass is 35.5. The van der Waals surface area contributed by atoms with Crippen molar-refractivity contribution in [3.05, 3.63) is 45.8 Å². The van der Waals surface area contributed by atoms with E-state index in [0.717, 1.165) is 17.1 Å². The minimum atomic E-state index is 0.803. The van der Waals surface area contributed by atoms with E-state index in [-0.39, 0.29) is 0 Å². The van der Waals surface area contributed by atoms with Crippen molar-refractivity contribution in [2.75, 3.05) is 7.05 Å². The van der Waals surface area contributed by atoms with Gasteiger partial charge in [0.05, 0.1) is 0 Å². The van der Waals surface area contributed by atoms with Crippen molar-refractivity contribution in [3.63, 3.8) is 0 Å². The Morgan fingerprint density at radius 2 is 2.06 bits per heavy atom. The molecule has 0 aliphatic heterocycles. The predicted molar refractivity (Wildman–Crippen MR) is 72.3 cm³/mol. The van der Waals surface area contributed by atoms with Crippen LogP contribution in [0.2, 0.25) is 5.02 Å². The summed E-state index contributed by atoms with van der Waals surface area (Å²) in [5.41, 5.74) is 2.39. The molecule has 0 fully saturated rings. The van der Waals surface area contributed by atoms with E-state index in [9.17, 15) is 0 Å². The maximum absolute atomic E-state index is 6.13. The minimum Gasteiger partial charge on any atom is -0.316 e. The van der Waals surface area contributed by atoms with Crippen LogP contribution in [0.3, 0.4) is 0 Å². The molecule has 3 heteroatoms. The third-order valence-electron chi connectivity index (χ3n) is 2.44. The highest BCUT2D eigenvalue weighted by Crippen LogP contribution is 2.30. The molecule has 0 saturated carbocycles. The topological polar surface area (TPSA) is 12.0 Å². The van der Waals surface area contributed by atoms with E-state index in [0.29, 0.717) is 0 Å². The Morgan fingerprint density at radius 1 is 1.25 bits per heavy atom. The largest absolute Gasteiger partial charge is 0.316 e. The van der Waals surface area contributed by atoms with Crippen LogP contribution in [0, 0.1) is 6.92 Å². The molecule has 0 bridgehead atoms. The van der Waals surface area contributed by atoms with Crippen molar-refractivity contribution >= 4 is 22.9 Å². The van der Waals surface area contributed by atoms with Gasteiger partial charge in [-0.2, -0.15) is 0 Å². The van der Waals surface area contributed by atoms with Gasteiger partial charge in [0.25, 0.3) is 0 Å². The average molecular weight is 252 g/mol. The van der Waals surface area contributed by atoms with E-state index >= 15 is 0 Å². The van der Waals surface area contributed by atoms with Gasteiger partial charge in [-0.05, 0) is 49.4 Å². The van der Waals surface area contributed by atoms with Gasteiger partial charge in [0.1, 0.15) is 0 Å². The molecule has 1 aromatic heterocycles. The van der Waals surface area contributed by atoms with Gasteiger partial charge in [-0.25, -0.2) is 0 Å². The third-order valence-corrected chi connectivity index (χ3v) is 3.86. The van der Waals surface area contributed by atoms with E-state index in [1.165, 1.54) is 15.3 Å². The van der Waals surface area contributed by atoms with Gasteiger partial charge in [0.15, 0.2) is 0 Å². The fourth-order valence-corrected chi connectivity index (χ4v) is 2.69. The highest BCUT2D eigenvalue weighted by Gasteiger charge is 2.04. The van der Waals surface area contributed by atoms with E-state index in [4.69, 9.17) is 11.6 Å². The zero-order valence-corrected chi connectivity index (χ0v) is 11.0. The number of benzene rings is 1. The lowest BCUT2D eigenvalue weighted by Crippen LogP contribution is -2.05. The van der Waals surface area contributed by atoms with Gasteiger partial charge in [-0.1, -0.05) is 17.7 Å². The highest BCUT2D eigenvalue weighted by molar-refractivity contribution is 7.15. The molecule has 1 heterocycles. The summed E-state index contributed by atoms with van der Waals surface area (Å²) in [5, 5.41) is 3.95. The quantitative estimate of drug-likeness (QED) is 0.866. The molecule has 0 atom stereocenters. The summed E-state index contributed by atoms with van der Waals surface area (Å²) < 4.78 is 0. The van der Waals surface area contributed by atoms with Crippen molar-refractivity contribution in [1.29, 1.82) is 0 Å². The molecule has 0 aliphatic carbocycles. The molecule has 16 heavy (non-hydrogen) atoms. The monoisotopic (exact) mass is 251 g/mol. The molecule has 1 N–H and O–H groups in total. The first-order valence-electron chi connectivity index (χ1n) is 5.20. The van der Waals surface area contributed by atoms with Gasteiger partial charge in [0, 0.05) is 21.3 Å². The number of thiophene rings is 1. The molecular formula is C13H14ClNS. The summed E-state index contributed by atoms with van der Waals surface area (Å²) >= 11 is 7.94. The first-order chi connectivity index (χ1) is 7.70. The summed E-state index contributed by atoms with van der Waals surface area (Å²) in [6.45, 7) is 2.93. The third kappa shape index (κ3) is 2.46. The van der Waals surface area contributed by atoms with Crippen molar-refractivity contribution in [3.8, 4) is 10.4 Å². The molecule has 0 radical (unpaired) electrons. The number of hydrogen-bond acceptors (Lipinski definition) is 2. The zero-order valence-electron chi connectivity index (χ0n) is 9.38. The second kappa shape index (κ2) is 5.00. The van der Waals surface area contributed by atoms with Crippen molar-refractivity contribution in [2.45, 2.75) is 13.5 Å². The van der Waals surface area contributed by atoms with Crippen LogP contribution in [0.25, 0.3) is 10.4 Å². The molecular weight excluding hydrogens is 238 g/mol. The van der Waals surface area contributed by atoms with Gasteiger partial charge >= 0.3 is 0 Å². The molecule has 1 nitrogen and oxygen atoms in total. The van der Waals surface area contributed by atoms with Crippen LogP contribution in [-0.2, 0) is 6.54 Å². The smallest absolute Gasteiger partial charge is 0.0451 e. The number of halogens is 1. The normalized spacial score (nSPS) is 10.7. The summed E-state index contributed by atoms with van der Waals surface area (Å²) in [6, 6.07) is 10.5. The first kappa shape index (κ1) is 11.6. The van der Waals surface area contributed by atoms with Crippen molar-refractivity contribution in [2.24, 2.45) is 0 Å². The molecule has 0 amide bonds. The van der Waals surface area contributed by atoms with Gasteiger partial charge in [-0.15, -0.1) is 11.3 Å². The van der Waals surface area contributed by atoms with Gasteiger partial charge in [0.2, 0.25) is 0 Å². The first-order valence-corrected chi connectivity index (χ1v) is 6.40. The standard InChI is InChI=1S/C13H14ClNS/c1-9-3-6-13(16-9)10-4-5-12(14)11(7-10)8-15-2/h3-7,15H,8H2,1-2H3. The van der Waals surface area contributed by atoms with Gasteiger partial charge < -0.3 is 5.32 Å².